The minimum Gasteiger partial charge on any atom is -0.460 e. The highest BCUT2D eigenvalue weighted by molar-refractivity contribution is 5.74. The first-order valence-electron chi connectivity index (χ1n) is 17.9. The van der Waals surface area contributed by atoms with Crippen molar-refractivity contribution in [3.8, 4) is 0 Å². The summed E-state index contributed by atoms with van der Waals surface area (Å²) in [4.78, 5) is 35.5. The van der Waals surface area contributed by atoms with Crippen molar-refractivity contribution in [1.82, 2.24) is 0 Å². The highest BCUT2D eigenvalue weighted by Gasteiger charge is 2.29. The van der Waals surface area contributed by atoms with Gasteiger partial charge in [-0.3, -0.25) is 14.4 Å². The molecule has 0 rings (SSSR count). The van der Waals surface area contributed by atoms with Crippen molar-refractivity contribution >= 4 is 17.9 Å². The number of rotatable bonds is 21. The summed E-state index contributed by atoms with van der Waals surface area (Å²) in [5.74, 6) is 0.691. The van der Waals surface area contributed by atoms with Crippen molar-refractivity contribution in [2.45, 2.75) is 134 Å². The first-order valence-corrected chi connectivity index (χ1v) is 17.9. The van der Waals surface area contributed by atoms with Crippen LogP contribution < -0.4 is 0 Å². The van der Waals surface area contributed by atoms with Gasteiger partial charge in [-0.15, -0.1) is 0 Å². The number of ether oxygens (including phenoxy) is 3. The summed E-state index contributed by atoms with van der Waals surface area (Å²) in [5.41, 5.74) is 0. The standard InChI is InChI=1S/C13H26O4.C13H26O3.C11H22O4/c1-9(2)5-6-12(10(3)4)13(16)17-11(7-14)8-15;1-6-11(8-14)16-13(15)12(10(4)5)7-9(2)3;1-7(2)10(8(3)4)11(14)15-9(5-12)6-13/h9-12,14-15H,5-8H2,1-4H3;9-12,14H,6-8H2,1-5H3;7-10,12-13H,5-6H2,1-4H3. The number of aliphatic hydroxyl groups excluding tert-OH is 5. The lowest BCUT2D eigenvalue weighted by atomic mass is 9.86. The van der Waals surface area contributed by atoms with E-state index in [0.717, 1.165) is 19.3 Å². The summed E-state index contributed by atoms with van der Waals surface area (Å²) in [6.07, 6.45) is 1.34. The number of aliphatic hydroxyl groups is 5. The molecular formula is C37H74O11. The van der Waals surface area contributed by atoms with Crippen molar-refractivity contribution in [3.63, 3.8) is 0 Å². The van der Waals surface area contributed by atoms with Gasteiger partial charge in [-0.2, -0.15) is 0 Å². The van der Waals surface area contributed by atoms with Crippen LogP contribution >= 0.6 is 0 Å². The Bertz CT molecular complexity index is 791. The molecule has 0 aliphatic carbocycles. The normalized spacial score (nSPS) is 13.6. The third-order valence-electron chi connectivity index (χ3n) is 8.03. The summed E-state index contributed by atoms with van der Waals surface area (Å²) >= 11 is 0. The van der Waals surface area contributed by atoms with E-state index in [1.807, 2.05) is 62.3 Å². The average Bonchev–Trinajstić information content (AvgIpc) is 2.99. The van der Waals surface area contributed by atoms with Crippen LogP contribution in [0, 0.1) is 53.3 Å². The zero-order valence-corrected chi connectivity index (χ0v) is 32.5. The SMILES string of the molecule is CC(C)C(C(=O)OC(CO)CO)C(C)C.CC(C)CCC(C(=O)OC(CO)CO)C(C)C.CCC(CO)OC(=O)C(CC(C)C)C(C)C. The second-order valence-electron chi connectivity index (χ2n) is 14.8. The molecule has 3 unspecified atom stereocenters. The lowest BCUT2D eigenvalue weighted by Gasteiger charge is -2.24. The van der Waals surface area contributed by atoms with Crippen molar-refractivity contribution in [1.29, 1.82) is 0 Å². The molecule has 0 aliphatic heterocycles. The van der Waals surface area contributed by atoms with Crippen molar-refractivity contribution in [3.05, 3.63) is 0 Å². The number of carbonyl (C=O) groups is 3. The Balaban J connectivity index is -0.000000634. The van der Waals surface area contributed by atoms with Gasteiger partial charge in [0.05, 0.1) is 50.8 Å². The summed E-state index contributed by atoms with van der Waals surface area (Å²) in [7, 11) is 0. The Kier molecular flexibility index (Phi) is 30.6. The molecule has 0 bridgehead atoms. The molecule has 5 N–H and O–H groups in total. The fourth-order valence-electron chi connectivity index (χ4n) is 4.96. The summed E-state index contributed by atoms with van der Waals surface area (Å²) in [5, 5.41) is 44.3. The molecule has 0 spiro atoms. The Morgan fingerprint density at radius 3 is 1.10 bits per heavy atom. The minimum atomic E-state index is -0.794. The highest BCUT2D eigenvalue weighted by atomic mass is 16.6. The molecule has 0 aliphatic rings. The lowest BCUT2D eigenvalue weighted by molar-refractivity contribution is -0.162. The maximum atomic E-state index is 11.9. The van der Waals surface area contributed by atoms with Gasteiger partial charge in [0.1, 0.15) is 18.3 Å². The van der Waals surface area contributed by atoms with Gasteiger partial charge in [0.2, 0.25) is 0 Å². The second kappa shape index (κ2) is 29.0. The molecule has 0 aromatic carbocycles. The molecule has 0 amide bonds. The van der Waals surface area contributed by atoms with Crippen molar-refractivity contribution in [2.24, 2.45) is 53.3 Å². The molecule has 0 radical (unpaired) electrons. The van der Waals surface area contributed by atoms with Gasteiger partial charge in [0.15, 0.2) is 0 Å². The third-order valence-corrected chi connectivity index (χ3v) is 8.03. The number of hydrogen-bond donors (Lipinski definition) is 5. The number of hydrogen-bond acceptors (Lipinski definition) is 11. The molecule has 0 aromatic rings. The van der Waals surface area contributed by atoms with E-state index in [-0.39, 0.29) is 98.5 Å². The third kappa shape index (κ3) is 23.5. The molecule has 0 aromatic heterocycles. The Labute approximate surface area is 292 Å². The van der Waals surface area contributed by atoms with Crippen LogP contribution in [0.5, 0.6) is 0 Å². The largest absolute Gasteiger partial charge is 0.460 e. The second-order valence-corrected chi connectivity index (χ2v) is 14.8. The first kappa shape index (κ1) is 50.6. The zero-order chi connectivity index (χ0) is 38.1. The van der Waals surface area contributed by atoms with Crippen LogP contribution in [0.1, 0.15) is 116 Å². The fourth-order valence-corrected chi connectivity index (χ4v) is 4.96. The highest BCUT2D eigenvalue weighted by Crippen LogP contribution is 2.24. The van der Waals surface area contributed by atoms with Crippen LogP contribution in [0.3, 0.4) is 0 Å². The van der Waals surface area contributed by atoms with Gasteiger partial charge in [-0.1, -0.05) is 96.4 Å². The molecule has 0 heterocycles. The van der Waals surface area contributed by atoms with Crippen LogP contribution in [0.15, 0.2) is 0 Å². The van der Waals surface area contributed by atoms with E-state index in [9.17, 15) is 14.4 Å². The smallest absolute Gasteiger partial charge is 0.309 e. The van der Waals surface area contributed by atoms with E-state index >= 15 is 0 Å². The average molecular weight is 695 g/mol. The molecule has 0 saturated carbocycles. The van der Waals surface area contributed by atoms with E-state index in [1.165, 1.54) is 0 Å². The summed E-state index contributed by atoms with van der Waals surface area (Å²) < 4.78 is 15.3. The molecule has 11 nitrogen and oxygen atoms in total. The van der Waals surface area contributed by atoms with Crippen molar-refractivity contribution < 1.29 is 54.1 Å². The number of carbonyl (C=O) groups excluding carboxylic acids is 3. The molecule has 11 heteroatoms. The fraction of sp³-hybridized carbons (Fsp3) is 0.919. The molecule has 48 heavy (non-hydrogen) atoms. The van der Waals surface area contributed by atoms with Gasteiger partial charge in [0, 0.05) is 0 Å². The van der Waals surface area contributed by atoms with Crippen LogP contribution in [-0.4, -0.2) is 94.8 Å². The van der Waals surface area contributed by atoms with Crippen LogP contribution in [0.25, 0.3) is 0 Å². The van der Waals surface area contributed by atoms with E-state index < -0.39 is 12.2 Å². The van der Waals surface area contributed by atoms with Gasteiger partial charge < -0.3 is 39.7 Å². The van der Waals surface area contributed by atoms with E-state index in [2.05, 4.69) is 27.7 Å². The van der Waals surface area contributed by atoms with Gasteiger partial charge in [-0.25, -0.2) is 0 Å². The van der Waals surface area contributed by atoms with Gasteiger partial charge in [0.25, 0.3) is 0 Å². The van der Waals surface area contributed by atoms with Crippen LogP contribution in [0.2, 0.25) is 0 Å². The van der Waals surface area contributed by atoms with Gasteiger partial charge in [-0.05, 0) is 54.8 Å². The predicted molar refractivity (Wildman–Crippen MR) is 189 cm³/mol. The maximum Gasteiger partial charge on any atom is 0.309 e. The van der Waals surface area contributed by atoms with E-state index in [1.54, 1.807) is 0 Å². The Morgan fingerprint density at radius 1 is 0.458 bits per heavy atom. The minimum absolute atomic E-state index is 0.0550. The van der Waals surface area contributed by atoms with E-state index in [0.29, 0.717) is 18.3 Å². The molecule has 0 fully saturated rings. The summed E-state index contributed by atoms with van der Waals surface area (Å²) in [6, 6.07) is 0. The van der Waals surface area contributed by atoms with Crippen LogP contribution in [0.4, 0.5) is 0 Å². The topological polar surface area (TPSA) is 180 Å². The van der Waals surface area contributed by atoms with Gasteiger partial charge >= 0.3 is 17.9 Å². The predicted octanol–water partition coefficient (Wildman–Crippen LogP) is 5.02. The lowest BCUT2D eigenvalue weighted by Crippen LogP contribution is -2.33. The molecule has 3 atom stereocenters. The summed E-state index contributed by atoms with van der Waals surface area (Å²) in [6.45, 7) is 24.8. The quantitative estimate of drug-likeness (QED) is 0.0804. The number of esters is 3. The monoisotopic (exact) mass is 695 g/mol. The maximum absolute atomic E-state index is 11.9. The van der Waals surface area contributed by atoms with Crippen LogP contribution in [-0.2, 0) is 28.6 Å². The Hall–Kier alpha value is -1.79. The van der Waals surface area contributed by atoms with Crippen molar-refractivity contribution in [2.75, 3.05) is 33.0 Å². The molecular weight excluding hydrogens is 620 g/mol. The first-order chi connectivity index (χ1) is 22.3. The van der Waals surface area contributed by atoms with E-state index in [4.69, 9.17) is 39.7 Å². The Morgan fingerprint density at radius 2 is 0.812 bits per heavy atom. The molecule has 288 valence electrons. The molecule has 0 saturated heterocycles. The zero-order valence-electron chi connectivity index (χ0n) is 32.5.